The van der Waals surface area contributed by atoms with E-state index >= 15 is 0 Å². The summed E-state index contributed by atoms with van der Waals surface area (Å²) < 4.78 is 6.19. The van der Waals surface area contributed by atoms with Gasteiger partial charge in [0.2, 0.25) is 0 Å². The van der Waals surface area contributed by atoms with Gasteiger partial charge in [0.15, 0.2) is 6.29 Å². The molecule has 0 amide bonds. The number of aldehydes is 1. The Bertz CT molecular complexity index is 507. The van der Waals surface area contributed by atoms with Crippen molar-refractivity contribution in [1.82, 2.24) is 0 Å². The molecule has 2 heterocycles. The van der Waals surface area contributed by atoms with Crippen molar-refractivity contribution < 1.29 is 14.3 Å². The minimum absolute atomic E-state index is 0.162. The zero-order chi connectivity index (χ0) is 12.6. The summed E-state index contributed by atoms with van der Waals surface area (Å²) in [4.78, 5) is 23.7. The van der Waals surface area contributed by atoms with E-state index in [2.05, 4.69) is 15.9 Å². The highest BCUT2D eigenvalue weighted by atomic mass is 79.9. The third kappa shape index (κ3) is 2.34. The van der Waals surface area contributed by atoms with Gasteiger partial charge in [-0.25, -0.2) is 0 Å². The van der Waals surface area contributed by atoms with Crippen LogP contribution < -0.4 is 0 Å². The van der Waals surface area contributed by atoms with Crippen molar-refractivity contribution in [3.8, 4) is 0 Å². The lowest BCUT2D eigenvalue weighted by molar-refractivity contribution is -0.141. The Balaban J connectivity index is 2.33. The summed E-state index contributed by atoms with van der Waals surface area (Å²) in [5.41, 5.74) is 0.812. The van der Waals surface area contributed by atoms with E-state index in [1.165, 1.54) is 18.3 Å². The smallest absolute Gasteiger partial charge is 0.303 e. The number of carbonyl (C=O) groups is 2. The van der Waals surface area contributed by atoms with Gasteiger partial charge in [-0.05, 0) is 34.3 Å². The predicted octanol–water partition coefficient (Wildman–Crippen LogP) is 3.58. The molecule has 0 bridgehead atoms. The molecule has 2 rings (SSSR count). The molecule has 0 fully saturated rings. The number of esters is 1. The van der Waals surface area contributed by atoms with E-state index < -0.39 is 10.9 Å². The van der Waals surface area contributed by atoms with Crippen LogP contribution in [-0.4, -0.2) is 17.7 Å². The molecule has 6 heteroatoms. The minimum Gasteiger partial charge on any atom is -0.453 e. The average Bonchev–Trinajstić information content (AvgIpc) is 2.79. The molecule has 0 radical (unpaired) electrons. The molecule has 2 atom stereocenters. The fraction of sp³-hybridized carbons (Fsp3) is 0.273. The molecule has 17 heavy (non-hydrogen) atoms. The molecular weight excluding hydrogens is 324 g/mol. The normalized spacial score (nSPS) is 21.0. The number of hydrogen-bond donors (Lipinski definition) is 1. The van der Waals surface area contributed by atoms with E-state index in [1.54, 1.807) is 0 Å². The summed E-state index contributed by atoms with van der Waals surface area (Å²) in [6.07, 6.45) is 2.82. The highest BCUT2D eigenvalue weighted by Crippen LogP contribution is 2.56. The number of thiophene rings is 1. The van der Waals surface area contributed by atoms with Crippen LogP contribution in [0.25, 0.3) is 6.08 Å². The summed E-state index contributed by atoms with van der Waals surface area (Å²) >= 11 is 4.91. The molecule has 2 unspecified atom stereocenters. The number of thiol groups is 1. The van der Waals surface area contributed by atoms with Crippen LogP contribution in [0, 0.1) is 0 Å². The van der Waals surface area contributed by atoms with Crippen molar-refractivity contribution in [2.75, 3.05) is 0 Å². The Morgan fingerprint density at radius 2 is 2.35 bits per heavy atom. The molecule has 0 aliphatic carbocycles. The second-order valence-electron chi connectivity index (χ2n) is 3.55. The molecule has 1 aliphatic heterocycles. The maximum absolute atomic E-state index is 11.0. The average molecular weight is 335 g/mol. The Morgan fingerprint density at radius 1 is 1.65 bits per heavy atom. The van der Waals surface area contributed by atoms with Crippen molar-refractivity contribution in [3.05, 3.63) is 19.6 Å². The first-order chi connectivity index (χ1) is 8.04. The van der Waals surface area contributed by atoms with Gasteiger partial charge in [0.25, 0.3) is 0 Å². The number of carbonyl (C=O) groups excluding carboxylic acids is 2. The maximum atomic E-state index is 11.0. The number of hydrogen-bond acceptors (Lipinski definition) is 4. The zero-order valence-corrected chi connectivity index (χ0v) is 12.6. The van der Waals surface area contributed by atoms with Gasteiger partial charge in [0, 0.05) is 17.4 Å². The Hall–Kier alpha value is -0.590. The van der Waals surface area contributed by atoms with Crippen molar-refractivity contribution in [2.45, 2.75) is 24.2 Å². The monoisotopic (exact) mass is 334 g/mol. The Labute approximate surface area is 114 Å². The lowest BCUT2D eigenvalue weighted by atomic mass is 10.3. The van der Waals surface area contributed by atoms with Gasteiger partial charge in [-0.3, -0.25) is 9.59 Å². The van der Waals surface area contributed by atoms with Crippen molar-refractivity contribution in [3.63, 3.8) is 0 Å². The van der Waals surface area contributed by atoms with Gasteiger partial charge in [-0.15, -0.1) is 11.3 Å². The van der Waals surface area contributed by atoms with Crippen molar-refractivity contribution in [1.29, 1.82) is 0 Å². The molecule has 0 saturated heterocycles. The van der Waals surface area contributed by atoms with Crippen LogP contribution in [-0.2, 0) is 9.53 Å². The lowest BCUT2D eigenvalue weighted by Crippen LogP contribution is -2.11. The second kappa shape index (κ2) is 4.96. The van der Waals surface area contributed by atoms with Gasteiger partial charge in [-0.1, -0.05) is 0 Å². The van der Waals surface area contributed by atoms with E-state index in [0.29, 0.717) is 0 Å². The lowest BCUT2D eigenvalue weighted by Gasteiger charge is -2.22. The third-order valence-electron chi connectivity index (χ3n) is 2.40. The molecule has 1 aromatic heterocycles. The maximum Gasteiger partial charge on any atom is 0.303 e. The third-order valence-corrected chi connectivity index (χ3v) is 7.00. The van der Waals surface area contributed by atoms with Gasteiger partial charge in [0.05, 0.1) is 8.66 Å². The first-order valence-electron chi connectivity index (χ1n) is 4.95. The largest absolute Gasteiger partial charge is 0.453 e. The van der Waals surface area contributed by atoms with E-state index in [9.17, 15) is 9.59 Å². The second-order valence-corrected chi connectivity index (χ2v) is 8.21. The Kier molecular flexibility index (Phi) is 3.75. The highest BCUT2D eigenvalue weighted by molar-refractivity contribution is 9.11. The highest BCUT2D eigenvalue weighted by Gasteiger charge is 2.27. The molecular formula is C11H11BrO3S2. The van der Waals surface area contributed by atoms with Crippen molar-refractivity contribution >= 4 is 56.5 Å². The first kappa shape index (κ1) is 12.9. The molecule has 92 valence electrons. The van der Waals surface area contributed by atoms with Crippen molar-refractivity contribution in [2.24, 2.45) is 0 Å². The summed E-state index contributed by atoms with van der Waals surface area (Å²) in [7, 11) is -0.679. The quantitative estimate of drug-likeness (QED) is 0.522. The van der Waals surface area contributed by atoms with E-state index in [-0.39, 0.29) is 11.4 Å². The standard InChI is InChI=1S/C11H11BrO3S2/c1-6(14)15-7(2)17-4-3-8-9(5-13)16-11(12)10(8)17/h3-5,7,17H,1-2H3. The van der Waals surface area contributed by atoms with Gasteiger partial charge < -0.3 is 4.74 Å². The molecule has 1 aromatic rings. The molecule has 1 aliphatic rings. The number of ether oxygens (including phenoxy) is 1. The molecule has 3 nitrogen and oxygen atoms in total. The van der Waals surface area contributed by atoms with Gasteiger partial charge in [-0.2, -0.15) is 10.9 Å². The van der Waals surface area contributed by atoms with Crippen LogP contribution in [0.1, 0.15) is 29.1 Å². The van der Waals surface area contributed by atoms with Crippen LogP contribution >= 0.6 is 38.2 Å². The number of rotatable bonds is 3. The zero-order valence-electron chi connectivity index (χ0n) is 9.27. The summed E-state index contributed by atoms with van der Waals surface area (Å²) in [5.74, 6) is -0.274. The molecule has 0 spiro atoms. The van der Waals surface area contributed by atoms with Crippen LogP contribution in [0.2, 0.25) is 0 Å². The summed E-state index contributed by atoms with van der Waals surface area (Å²) in [6, 6.07) is 0. The van der Waals surface area contributed by atoms with Crippen LogP contribution in [0.15, 0.2) is 14.1 Å². The fourth-order valence-corrected chi connectivity index (χ4v) is 6.35. The van der Waals surface area contributed by atoms with E-state index in [0.717, 1.165) is 25.4 Å². The number of fused-ring (bicyclic) bond motifs is 1. The molecule has 0 aromatic carbocycles. The molecule has 0 N–H and O–H groups in total. The predicted molar refractivity (Wildman–Crippen MR) is 74.9 cm³/mol. The summed E-state index contributed by atoms with van der Waals surface area (Å²) in [6.45, 7) is 3.29. The Morgan fingerprint density at radius 3 is 2.94 bits per heavy atom. The minimum atomic E-state index is -0.679. The summed E-state index contributed by atoms with van der Waals surface area (Å²) in [5, 5.41) is 2.04. The van der Waals surface area contributed by atoms with Gasteiger partial charge >= 0.3 is 5.97 Å². The fourth-order valence-electron chi connectivity index (χ4n) is 1.74. The van der Waals surface area contributed by atoms with Crippen LogP contribution in [0.3, 0.4) is 0 Å². The van der Waals surface area contributed by atoms with Gasteiger partial charge in [0.1, 0.15) is 5.44 Å². The SMILES string of the molecule is CC(=O)OC(C)[SH]1C=Cc2c(C=O)sc(Br)c21. The van der Waals surface area contributed by atoms with E-state index in [4.69, 9.17) is 4.74 Å². The number of halogens is 1. The van der Waals surface area contributed by atoms with Crippen LogP contribution in [0.5, 0.6) is 0 Å². The first-order valence-corrected chi connectivity index (χ1v) is 8.04. The van der Waals surface area contributed by atoms with Crippen LogP contribution in [0.4, 0.5) is 0 Å². The van der Waals surface area contributed by atoms with E-state index in [1.807, 2.05) is 18.4 Å². The molecule has 0 saturated carbocycles. The topological polar surface area (TPSA) is 43.4 Å².